The summed E-state index contributed by atoms with van der Waals surface area (Å²) in [4.78, 5) is 0. The van der Waals surface area contributed by atoms with Crippen LogP contribution in [0.25, 0.3) is 11.0 Å². The molecule has 1 aromatic carbocycles. The van der Waals surface area contributed by atoms with E-state index in [1.807, 2.05) is 6.92 Å². The summed E-state index contributed by atoms with van der Waals surface area (Å²) in [6, 6.07) is 8.75. The van der Waals surface area contributed by atoms with Gasteiger partial charge in [0.1, 0.15) is 11.3 Å². The normalized spacial score (nSPS) is 12.9. The minimum atomic E-state index is 0.275. The fraction of sp³-hybridized carbons (Fsp3) is 0.556. The van der Waals surface area contributed by atoms with Crippen molar-refractivity contribution >= 4 is 11.0 Å². The molecule has 0 aliphatic rings. The number of rotatable bonds is 9. The van der Waals surface area contributed by atoms with Crippen LogP contribution in [0.15, 0.2) is 28.7 Å². The first-order valence-electron chi connectivity index (χ1n) is 8.06. The van der Waals surface area contributed by atoms with Crippen LogP contribution in [0.1, 0.15) is 50.5 Å². The number of ether oxygens (including phenoxy) is 1. The molecule has 2 aromatic rings. The smallest absolute Gasteiger partial charge is 0.137 e. The average molecular weight is 289 g/mol. The van der Waals surface area contributed by atoms with Gasteiger partial charge in [0.25, 0.3) is 0 Å². The average Bonchev–Trinajstić information content (AvgIpc) is 2.92. The number of hydrogen-bond acceptors (Lipinski definition) is 3. The van der Waals surface area contributed by atoms with Crippen molar-refractivity contribution in [3.63, 3.8) is 0 Å². The molecule has 1 unspecified atom stereocenters. The molecule has 0 spiro atoms. The highest BCUT2D eigenvalue weighted by Crippen LogP contribution is 2.28. The summed E-state index contributed by atoms with van der Waals surface area (Å²) in [5.74, 6) is 1.05. The summed E-state index contributed by atoms with van der Waals surface area (Å²) in [5.41, 5.74) is 2.21. The Labute approximate surface area is 127 Å². The number of benzene rings is 1. The van der Waals surface area contributed by atoms with Gasteiger partial charge in [0.05, 0.1) is 6.04 Å². The molecule has 0 fully saturated rings. The maximum absolute atomic E-state index is 6.11. The lowest BCUT2D eigenvalue weighted by atomic mass is 10.1. The maximum Gasteiger partial charge on any atom is 0.137 e. The number of nitrogens with one attached hydrogen (secondary N) is 1. The van der Waals surface area contributed by atoms with Crippen molar-refractivity contribution in [1.82, 2.24) is 5.32 Å². The first-order valence-corrected chi connectivity index (χ1v) is 8.06. The summed E-state index contributed by atoms with van der Waals surface area (Å²) in [5, 5.41) is 4.79. The summed E-state index contributed by atoms with van der Waals surface area (Å²) >= 11 is 0. The monoisotopic (exact) mass is 289 g/mol. The molecule has 116 valence electrons. The lowest BCUT2D eigenvalue weighted by Gasteiger charge is -2.16. The molecule has 0 bridgehead atoms. The third-order valence-electron chi connectivity index (χ3n) is 3.73. The summed E-state index contributed by atoms with van der Waals surface area (Å²) < 4.78 is 11.6. The van der Waals surface area contributed by atoms with Gasteiger partial charge in [-0.1, -0.05) is 25.1 Å². The Morgan fingerprint density at radius 1 is 1.29 bits per heavy atom. The van der Waals surface area contributed by atoms with Gasteiger partial charge in [-0.2, -0.15) is 0 Å². The van der Waals surface area contributed by atoms with Crippen LogP contribution in [-0.4, -0.2) is 19.8 Å². The van der Waals surface area contributed by atoms with Crippen LogP contribution in [0.3, 0.4) is 0 Å². The zero-order valence-corrected chi connectivity index (χ0v) is 13.4. The number of fused-ring (bicyclic) bond motifs is 1. The molecule has 0 saturated heterocycles. The molecule has 3 heteroatoms. The highest BCUT2D eigenvalue weighted by Gasteiger charge is 2.16. The van der Waals surface area contributed by atoms with E-state index < -0.39 is 0 Å². The van der Waals surface area contributed by atoms with Crippen LogP contribution >= 0.6 is 0 Å². The predicted molar refractivity (Wildman–Crippen MR) is 87.7 cm³/mol. The van der Waals surface area contributed by atoms with E-state index in [0.717, 1.165) is 50.4 Å². The maximum atomic E-state index is 6.11. The van der Waals surface area contributed by atoms with E-state index in [9.17, 15) is 0 Å². The van der Waals surface area contributed by atoms with Crippen molar-refractivity contribution in [3.8, 4) is 0 Å². The number of para-hydroxylation sites is 1. The predicted octanol–water partition coefficient (Wildman–Crippen LogP) is 4.60. The van der Waals surface area contributed by atoms with Gasteiger partial charge in [0, 0.05) is 18.6 Å². The highest BCUT2D eigenvalue weighted by atomic mass is 16.5. The summed E-state index contributed by atoms with van der Waals surface area (Å²) in [6.45, 7) is 8.94. The molecule has 0 aliphatic heterocycles. The first kappa shape index (κ1) is 16.1. The molecule has 0 amide bonds. The largest absolute Gasteiger partial charge is 0.459 e. The van der Waals surface area contributed by atoms with Crippen LogP contribution < -0.4 is 5.32 Å². The van der Waals surface area contributed by atoms with E-state index in [0.29, 0.717) is 0 Å². The lowest BCUT2D eigenvalue weighted by Crippen LogP contribution is -2.22. The standard InChI is InChI=1S/C18H27NO2/c1-4-11-19-16(10-7-12-20-5-2)17-13-15-9-6-8-14(3)18(15)21-17/h6,8-9,13,16,19H,4-5,7,10-12H2,1-3H3. The Hall–Kier alpha value is -1.32. The fourth-order valence-corrected chi connectivity index (χ4v) is 2.60. The van der Waals surface area contributed by atoms with Crippen LogP contribution in [0, 0.1) is 6.92 Å². The molecule has 3 nitrogen and oxygen atoms in total. The zero-order valence-electron chi connectivity index (χ0n) is 13.4. The molecule has 2 rings (SSSR count). The molecule has 0 saturated carbocycles. The van der Waals surface area contributed by atoms with E-state index >= 15 is 0 Å². The zero-order chi connectivity index (χ0) is 15.1. The summed E-state index contributed by atoms with van der Waals surface area (Å²) in [7, 11) is 0. The van der Waals surface area contributed by atoms with Gasteiger partial charge in [-0.15, -0.1) is 0 Å². The van der Waals surface area contributed by atoms with Gasteiger partial charge in [0.2, 0.25) is 0 Å². The van der Waals surface area contributed by atoms with Crippen molar-refractivity contribution in [2.45, 2.75) is 46.1 Å². The molecule has 1 N–H and O–H groups in total. The van der Waals surface area contributed by atoms with E-state index in [1.54, 1.807) is 0 Å². The first-order chi connectivity index (χ1) is 10.3. The van der Waals surface area contributed by atoms with Crippen molar-refractivity contribution < 1.29 is 9.15 Å². The lowest BCUT2D eigenvalue weighted by molar-refractivity contribution is 0.140. The Balaban J connectivity index is 2.11. The summed E-state index contributed by atoms with van der Waals surface area (Å²) in [6.07, 6.45) is 3.21. The van der Waals surface area contributed by atoms with Gasteiger partial charge in [0.15, 0.2) is 0 Å². The van der Waals surface area contributed by atoms with Gasteiger partial charge in [-0.05, 0) is 51.3 Å². The Bertz CT molecular complexity index is 547. The SMILES string of the molecule is CCCNC(CCCOCC)c1cc2cccc(C)c2o1. The van der Waals surface area contributed by atoms with E-state index in [2.05, 4.69) is 43.4 Å². The Morgan fingerprint density at radius 3 is 2.86 bits per heavy atom. The topological polar surface area (TPSA) is 34.4 Å². The third-order valence-corrected chi connectivity index (χ3v) is 3.73. The van der Waals surface area contributed by atoms with E-state index in [4.69, 9.17) is 9.15 Å². The van der Waals surface area contributed by atoms with Crippen molar-refractivity contribution in [1.29, 1.82) is 0 Å². The number of aryl methyl sites for hydroxylation is 1. The van der Waals surface area contributed by atoms with Crippen molar-refractivity contribution in [3.05, 3.63) is 35.6 Å². The van der Waals surface area contributed by atoms with Gasteiger partial charge in [-0.3, -0.25) is 0 Å². The second-order valence-corrected chi connectivity index (χ2v) is 5.49. The molecular formula is C18H27NO2. The second kappa shape index (κ2) is 8.20. The van der Waals surface area contributed by atoms with Crippen molar-refractivity contribution in [2.24, 2.45) is 0 Å². The van der Waals surface area contributed by atoms with Gasteiger partial charge >= 0.3 is 0 Å². The molecular weight excluding hydrogens is 262 g/mol. The molecule has 0 radical (unpaired) electrons. The quantitative estimate of drug-likeness (QED) is 0.685. The van der Waals surface area contributed by atoms with Crippen LogP contribution in [0.2, 0.25) is 0 Å². The minimum Gasteiger partial charge on any atom is -0.459 e. The Morgan fingerprint density at radius 2 is 2.14 bits per heavy atom. The van der Waals surface area contributed by atoms with Gasteiger partial charge in [-0.25, -0.2) is 0 Å². The van der Waals surface area contributed by atoms with Crippen LogP contribution in [0.5, 0.6) is 0 Å². The van der Waals surface area contributed by atoms with Crippen molar-refractivity contribution in [2.75, 3.05) is 19.8 Å². The van der Waals surface area contributed by atoms with Crippen LogP contribution in [-0.2, 0) is 4.74 Å². The molecule has 1 atom stereocenters. The third kappa shape index (κ3) is 4.32. The van der Waals surface area contributed by atoms with Crippen LogP contribution in [0.4, 0.5) is 0 Å². The molecule has 0 aliphatic carbocycles. The molecule has 21 heavy (non-hydrogen) atoms. The van der Waals surface area contributed by atoms with E-state index in [1.165, 1.54) is 10.9 Å². The number of furan rings is 1. The minimum absolute atomic E-state index is 0.275. The van der Waals surface area contributed by atoms with Gasteiger partial charge < -0.3 is 14.5 Å². The number of hydrogen-bond donors (Lipinski definition) is 1. The van der Waals surface area contributed by atoms with E-state index in [-0.39, 0.29) is 6.04 Å². The second-order valence-electron chi connectivity index (χ2n) is 5.49. The molecule has 1 aromatic heterocycles. The molecule has 1 heterocycles. The Kier molecular flexibility index (Phi) is 6.27. The fourth-order valence-electron chi connectivity index (χ4n) is 2.60. The highest BCUT2D eigenvalue weighted by molar-refractivity contribution is 5.80.